The van der Waals surface area contributed by atoms with E-state index in [2.05, 4.69) is 15.9 Å². The van der Waals surface area contributed by atoms with Gasteiger partial charge in [-0.15, -0.1) is 0 Å². The Balaban J connectivity index is 4.21. The van der Waals surface area contributed by atoms with Crippen molar-refractivity contribution in [3.8, 4) is 0 Å². The molecule has 0 saturated heterocycles. The van der Waals surface area contributed by atoms with Crippen LogP contribution in [0, 0.1) is 0 Å². The van der Waals surface area contributed by atoms with Crippen LogP contribution in [0.1, 0.15) is 20.8 Å². The van der Waals surface area contributed by atoms with E-state index in [9.17, 15) is 9.59 Å². The molecule has 0 bridgehead atoms. The van der Waals surface area contributed by atoms with Crippen molar-refractivity contribution in [3.05, 3.63) is 0 Å². The highest BCUT2D eigenvalue weighted by molar-refractivity contribution is 9.09. The molecular weight excluding hydrogens is 212 g/mol. The second kappa shape index (κ2) is 3.85. The highest BCUT2D eigenvalue weighted by atomic mass is 79.9. The van der Waals surface area contributed by atoms with Crippen molar-refractivity contribution in [1.29, 1.82) is 0 Å². The van der Waals surface area contributed by atoms with E-state index < -0.39 is 11.6 Å². The molecule has 0 aliphatic rings. The van der Waals surface area contributed by atoms with Crippen LogP contribution in [0.15, 0.2) is 0 Å². The minimum Gasteiger partial charge on any atom is -0.452 e. The Bertz CT molecular complexity index is 175. The Labute approximate surface area is 74.2 Å². The summed E-state index contributed by atoms with van der Waals surface area (Å²) in [6.45, 7) is 4.42. The standard InChI is InChI=1S/C7H11BrO3/c1-5(9)11-7(2,3)6(10)4-8/h4H2,1-3H3. The first-order chi connectivity index (χ1) is 4.90. The second-order valence-electron chi connectivity index (χ2n) is 2.66. The maximum atomic E-state index is 11.0. The van der Waals surface area contributed by atoms with E-state index in [1.54, 1.807) is 13.8 Å². The van der Waals surface area contributed by atoms with Crippen molar-refractivity contribution in [2.24, 2.45) is 0 Å². The van der Waals surface area contributed by atoms with Gasteiger partial charge < -0.3 is 4.74 Å². The lowest BCUT2D eigenvalue weighted by atomic mass is 10.1. The van der Waals surface area contributed by atoms with Crippen LogP contribution >= 0.6 is 15.9 Å². The summed E-state index contributed by atoms with van der Waals surface area (Å²) in [6, 6.07) is 0. The molecule has 4 heteroatoms. The van der Waals surface area contributed by atoms with Crippen LogP contribution in [-0.4, -0.2) is 22.7 Å². The molecule has 0 saturated carbocycles. The molecule has 3 nitrogen and oxygen atoms in total. The SMILES string of the molecule is CC(=O)OC(C)(C)C(=O)CBr. The third kappa shape index (κ3) is 3.51. The lowest BCUT2D eigenvalue weighted by Gasteiger charge is -2.21. The van der Waals surface area contributed by atoms with E-state index in [1.165, 1.54) is 6.92 Å². The monoisotopic (exact) mass is 222 g/mol. The summed E-state index contributed by atoms with van der Waals surface area (Å²) >= 11 is 3.00. The van der Waals surface area contributed by atoms with E-state index in [0.717, 1.165) is 0 Å². The summed E-state index contributed by atoms with van der Waals surface area (Å²) in [5.41, 5.74) is -1.00. The van der Waals surface area contributed by atoms with Gasteiger partial charge in [0.05, 0.1) is 5.33 Å². The molecular formula is C7H11BrO3. The zero-order chi connectivity index (χ0) is 9.07. The van der Waals surface area contributed by atoms with Gasteiger partial charge in [-0.1, -0.05) is 15.9 Å². The fourth-order valence-corrected chi connectivity index (χ4v) is 1.25. The zero-order valence-corrected chi connectivity index (χ0v) is 8.40. The van der Waals surface area contributed by atoms with Crippen molar-refractivity contribution in [2.45, 2.75) is 26.4 Å². The number of alkyl halides is 1. The topological polar surface area (TPSA) is 43.4 Å². The maximum absolute atomic E-state index is 11.0. The fourth-order valence-electron chi connectivity index (χ4n) is 0.577. The molecule has 0 spiro atoms. The normalized spacial score (nSPS) is 10.9. The number of hydrogen-bond donors (Lipinski definition) is 0. The molecule has 0 fully saturated rings. The first kappa shape index (κ1) is 10.6. The Morgan fingerprint density at radius 3 is 2.18 bits per heavy atom. The van der Waals surface area contributed by atoms with Crippen molar-refractivity contribution < 1.29 is 14.3 Å². The smallest absolute Gasteiger partial charge is 0.303 e. The molecule has 0 aromatic heterocycles. The molecule has 0 atom stereocenters. The number of carbonyl (C=O) groups excluding carboxylic acids is 2. The quantitative estimate of drug-likeness (QED) is 0.534. The minimum atomic E-state index is -1.00. The van der Waals surface area contributed by atoms with Gasteiger partial charge in [0.1, 0.15) is 0 Å². The number of hydrogen-bond acceptors (Lipinski definition) is 3. The summed E-state index contributed by atoms with van der Waals surface area (Å²) in [5, 5.41) is 0.202. The van der Waals surface area contributed by atoms with Gasteiger partial charge in [0.2, 0.25) is 0 Å². The van der Waals surface area contributed by atoms with E-state index in [4.69, 9.17) is 4.74 Å². The molecule has 0 aromatic carbocycles. The maximum Gasteiger partial charge on any atom is 0.303 e. The Morgan fingerprint density at radius 2 is 1.91 bits per heavy atom. The molecule has 0 N–H and O–H groups in total. The van der Waals surface area contributed by atoms with Crippen molar-refractivity contribution in [2.75, 3.05) is 5.33 Å². The summed E-state index contributed by atoms with van der Waals surface area (Å²) in [7, 11) is 0. The highest BCUT2D eigenvalue weighted by Crippen LogP contribution is 2.12. The predicted octanol–water partition coefficient (Wildman–Crippen LogP) is 1.29. The van der Waals surface area contributed by atoms with Crippen molar-refractivity contribution >= 4 is 27.7 Å². The minimum absolute atomic E-state index is 0.146. The van der Waals surface area contributed by atoms with Crippen molar-refractivity contribution in [1.82, 2.24) is 0 Å². The largest absolute Gasteiger partial charge is 0.452 e. The molecule has 0 aliphatic heterocycles. The highest BCUT2D eigenvalue weighted by Gasteiger charge is 2.29. The van der Waals surface area contributed by atoms with Gasteiger partial charge in [-0.3, -0.25) is 9.59 Å². The molecule has 0 rings (SSSR count). The second-order valence-corrected chi connectivity index (χ2v) is 3.22. The Morgan fingerprint density at radius 1 is 1.45 bits per heavy atom. The summed E-state index contributed by atoms with van der Waals surface area (Å²) in [5.74, 6) is -0.586. The van der Waals surface area contributed by atoms with E-state index in [1.807, 2.05) is 0 Å². The van der Waals surface area contributed by atoms with E-state index in [-0.39, 0.29) is 11.1 Å². The third-order valence-corrected chi connectivity index (χ3v) is 1.70. The summed E-state index contributed by atoms with van der Waals surface area (Å²) < 4.78 is 4.77. The molecule has 0 radical (unpaired) electrons. The van der Waals surface area contributed by atoms with Crippen LogP contribution in [0.5, 0.6) is 0 Å². The molecule has 0 unspecified atom stereocenters. The van der Waals surface area contributed by atoms with Crippen molar-refractivity contribution in [3.63, 3.8) is 0 Å². The molecule has 0 aromatic rings. The van der Waals surface area contributed by atoms with E-state index >= 15 is 0 Å². The average Bonchev–Trinajstić information content (AvgIpc) is 1.83. The number of esters is 1. The summed E-state index contributed by atoms with van der Waals surface area (Å²) in [4.78, 5) is 21.5. The van der Waals surface area contributed by atoms with Gasteiger partial charge in [-0.25, -0.2) is 0 Å². The molecule has 0 aliphatic carbocycles. The number of rotatable bonds is 3. The summed E-state index contributed by atoms with van der Waals surface area (Å²) in [6.07, 6.45) is 0. The first-order valence-corrected chi connectivity index (χ1v) is 4.31. The average molecular weight is 223 g/mol. The predicted molar refractivity (Wildman–Crippen MR) is 44.6 cm³/mol. The number of halogens is 1. The third-order valence-electron chi connectivity index (χ3n) is 1.19. The van der Waals surface area contributed by atoms with Crippen LogP contribution < -0.4 is 0 Å². The number of ether oxygens (including phenoxy) is 1. The Hall–Kier alpha value is -0.380. The number of Topliss-reactive ketones (excluding diaryl/α,β-unsaturated/α-hetero) is 1. The molecule has 0 amide bonds. The van der Waals surface area contributed by atoms with Gasteiger partial charge in [0.15, 0.2) is 11.4 Å². The van der Waals surface area contributed by atoms with Crippen LogP contribution in [0.25, 0.3) is 0 Å². The zero-order valence-electron chi connectivity index (χ0n) is 6.81. The molecule has 0 heterocycles. The van der Waals surface area contributed by atoms with Crippen LogP contribution in [0.2, 0.25) is 0 Å². The fraction of sp³-hybridized carbons (Fsp3) is 0.714. The lowest BCUT2D eigenvalue weighted by molar-refractivity contribution is -0.160. The molecule has 11 heavy (non-hydrogen) atoms. The van der Waals surface area contributed by atoms with Gasteiger partial charge in [-0.05, 0) is 13.8 Å². The van der Waals surface area contributed by atoms with Gasteiger partial charge in [0.25, 0.3) is 0 Å². The number of ketones is 1. The van der Waals surface area contributed by atoms with Gasteiger partial charge >= 0.3 is 5.97 Å². The van der Waals surface area contributed by atoms with Crippen LogP contribution in [0.3, 0.4) is 0 Å². The lowest BCUT2D eigenvalue weighted by Crippen LogP contribution is -2.37. The number of carbonyl (C=O) groups is 2. The Kier molecular flexibility index (Phi) is 3.72. The van der Waals surface area contributed by atoms with E-state index in [0.29, 0.717) is 0 Å². The van der Waals surface area contributed by atoms with Gasteiger partial charge in [-0.2, -0.15) is 0 Å². The first-order valence-electron chi connectivity index (χ1n) is 3.19. The molecule has 64 valence electrons. The van der Waals surface area contributed by atoms with Gasteiger partial charge in [0, 0.05) is 6.92 Å². The van der Waals surface area contributed by atoms with Crippen LogP contribution in [-0.2, 0) is 14.3 Å². The van der Waals surface area contributed by atoms with Crippen LogP contribution in [0.4, 0.5) is 0 Å².